The van der Waals surface area contributed by atoms with Crippen LogP contribution in [0.4, 0.5) is 4.39 Å². The van der Waals surface area contributed by atoms with Crippen LogP contribution in [0.1, 0.15) is 10.4 Å². The van der Waals surface area contributed by atoms with Crippen molar-refractivity contribution in [3.63, 3.8) is 0 Å². The fourth-order valence-corrected chi connectivity index (χ4v) is 2.72. The zero-order valence-corrected chi connectivity index (χ0v) is 13.6. The first kappa shape index (κ1) is 15.2. The Morgan fingerprint density at radius 3 is 2.86 bits per heavy atom. The van der Waals surface area contributed by atoms with Gasteiger partial charge >= 0.3 is 0 Å². The molecular weight excluding hydrogens is 375 g/mol. The van der Waals surface area contributed by atoms with Crippen molar-refractivity contribution in [1.29, 1.82) is 0 Å². The van der Waals surface area contributed by atoms with Crippen LogP contribution < -0.4 is 4.74 Å². The maximum atomic E-state index is 13.0. The van der Waals surface area contributed by atoms with Crippen LogP contribution in [0, 0.1) is 5.82 Å². The maximum Gasteiger partial charge on any atom is 0.255 e. The van der Waals surface area contributed by atoms with E-state index in [4.69, 9.17) is 16.3 Å². The van der Waals surface area contributed by atoms with Gasteiger partial charge in [-0.05, 0) is 46.3 Å². The molecule has 0 N–H and O–H groups in total. The normalized spacial score (nSPS) is 14.6. The lowest BCUT2D eigenvalue weighted by Crippen LogP contribution is -2.56. The first-order chi connectivity index (χ1) is 10.5. The predicted molar refractivity (Wildman–Crippen MR) is 83.7 cm³/mol. The van der Waals surface area contributed by atoms with Gasteiger partial charge in [-0.3, -0.25) is 4.79 Å². The number of pyridine rings is 1. The van der Waals surface area contributed by atoms with Crippen molar-refractivity contribution >= 4 is 33.4 Å². The Kier molecular flexibility index (Phi) is 4.31. The first-order valence-electron chi connectivity index (χ1n) is 6.56. The number of amides is 1. The third-order valence-electron chi connectivity index (χ3n) is 3.30. The van der Waals surface area contributed by atoms with Gasteiger partial charge in [0.25, 0.3) is 5.91 Å². The number of rotatable bonds is 3. The van der Waals surface area contributed by atoms with E-state index in [1.807, 2.05) is 6.07 Å². The summed E-state index contributed by atoms with van der Waals surface area (Å²) in [6.45, 7) is 0.880. The van der Waals surface area contributed by atoms with Gasteiger partial charge in [-0.15, -0.1) is 0 Å². The molecular formula is C15H11BrClFN2O2. The molecule has 7 heteroatoms. The van der Waals surface area contributed by atoms with Gasteiger partial charge in [-0.2, -0.15) is 0 Å². The molecule has 1 amide bonds. The van der Waals surface area contributed by atoms with Crippen molar-refractivity contribution in [2.45, 2.75) is 6.10 Å². The van der Waals surface area contributed by atoms with Crippen LogP contribution in [0.5, 0.6) is 5.88 Å². The smallest absolute Gasteiger partial charge is 0.255 e. The second-order valence-electron chi connectivity index (χ2n) is 4.86. The average molecular weight is 386 g/mol. The van der Waals surface area contributed by atoms with Crippen LogP contribution in [0.3, 0.4) is 0 Å². The van der Waals surface area contributed by atoms with Crippen molar-refractivity contribution in [3.8, 4) is 5.88 Å². The minimum atomic E-state index is -0.466. The van der Waals surface area contributed by atoms with E-state index >= 15 is 0 Å². The molecule has 0 radical (unpaired) electrons. The third-order valence-corrected chi connectivity index (χ3v) is 4.22. The summed E-state index contributed by atoms with van der Waals surface area (Å²) in [7, 11) is 0. The number of ether oxygens (including phenoxy) is 1. The standard InChI is InChI=1S/C15H11BrClFN2O2/c16-12-2-1-5-19-14(12)22-10-7-20(8-10)15(21)11-4-3-9(18)6-13(11)17/h1-6,10H,7-8H2. The van der Waals surface area contributed by atoms with Gasteiger partial charge in [-0.1, -0.05) is 11.6 Å². The van der Waals surface area contributed by atoms with Gasteiger partial charge in [0.1, 0.15) is 11.9 Å². The van der Waals surface area contributed by atoms with Crippen LogP contribution in [0.15, 0.2) is 41.0 Å². The van der Waals surface area contributed by atoms with Crippen LogP contribution in [0.25, 0.3) is 0 Å². The largest absolute Gasteiger partial charge is 0.470 e. The summed E-state index contributed by atoms with van der Waals surface area (Å²) in [5.41, 5.74) is 0.292. The van der Waals surface area contributed by atoms with Gasteiger partial charge in [0.05, 0.1) is 28.1 Å². The number of carbonyl (C=O) groups excluding carboxylic acids is 1. The molecule has 4 nitrogen and oxygen atoms in total. The fourth-order valence-electron chi connectivity index (χ4n) is 2.13. The summed E-state index contributed by atoms with van der Waals surface area (Å²) in [5.74, 6) is -0.198. The summed E-state index contributed by atoms with van der Waals surface area (Å²) in [6, 6.07) is 7.38. The monoisotopic (exact) mass is 384 g/mol. The summed E-state index contributed by atoms with van der Waals surface area (Å²) >= 11 is 9.26. The number of nitrogens with zero attached hydrogens (tertiary/aromatic N) is 2. The lowest BCUT2D eigenvalue weighted by molar-refractivity contribution is 0.0157. The Balaban J connectivity index is 1.61. The SMILES string of the molecule is O=C(c1ccc(F)cc1Cl)N1CC(Oc2ncccc2Br)C1. The zero-order valence-electron chi connectivity index (χ0n) is 11.3. The number of benzene rings is 1. The van der Waals surface area contributed by atoms with Crippen molar-refractivity contribution < 1.29 is 13.9 Å². The number of hydrogen-bond donors (Lipinski definition) is 0. The number of halogens is 3. The topological polar surface area (TPSA) is 42.4 Å². The predicted octanol–water partition coefficient (Wildman–Crippen LogP) is 3.54. The number of aromatic nitrogens is 1. The molecule has 1 fully saturated rings. The molecule has 0 bridgehead atoms. The Hall–Kier alpha value is -1.66. The summed E-state index contributed by atoms with van der Waals surface area (Å²) in [6.07, 6.45) is 1.52. The van der Waals surface area contributed by atoms with Gasteiger partial charge in [-0.25, -0.2) is 9.37 Å². The quantitative estimate of drug-likeness (QED) is 0.811. The molecule has 1 aliphatic heterocycles. The Morgan fingerprint density at radius 1 is 1.41 bits per heavy atom. The van der Waals surface area contributed by atoms with E-state index in [2.05, 4.69) is 20.9 Å². The number of likely N-dealkylation sites (tertiary alicyclic amines) is 1. The van der Waals surface area contributed by atoms with Crippen molar-refractivity contribution in [2.75, 3.05) is 13.1 Å². The third kappa shape index (κ3) is 3.08. The van der Waals surface area contributed by atoms with Gasteiger partial charge in [0.2, 0.25) is 5.88 Å². The summed E-state index contributed by atoms with van der Waals surface area (Å²) < 4.78 is 19.5. The fraction of sp³-hybridized carbons (Fsp3) is 0.200. The van der Waals surface area contributed by atoms with Crippen LogP contribution in [0.2, 0.25) is 5.02 Å². The molecule has 2 heterocycles. The van der Waals surface area contributed by atoms with E-state index in [9.17, 15) is 9.18 Å². The molecule has 1 aromatic heterocycles. The second-order valence-corrected chi connectivity index (χ2v) is 6.13. The Labute approximate surface area is 140 Å². The zero-order chi connectivity index (χ0) is 15.7. The maximum absolute atomic E-state index is 13.0. The molecule has 0 atom stereocenters. The molecule has 3 rings (SSSR count). The van der Waals surface area contributed by atoms with Crippen molar-refractivity contribution in [1.82, 2.24) is 9.88 Å². The van der Waals surface area contributed by atoms with Crippen LogP contribution in [-0.4, -0.2) is 35.0 Å². The van der Waals surface area contributed by atoms with Gasteiger partial charge in [0.15, 0.2) is 0 Å². The molecule has 0 saturated carbocycles. The molecule has 1 aromatic carbocycles. The van der Waals surface area contributed by atoms with Crippen LogP contribution >= 0.6 is 27.5 Å². The van der Waals surface area contributed by atoms with E-state index in [0.29, 0.717) is 24.5 Å². The van der Waals surface area contributed by atoms with Crippen LogP contribution in [-0.2, 0) is 0 Å². The Morgan fingerprint density at radius 2 is 2.18 bits per heavy atom. The highest BCUT2D eigenvalue weighted by Gasteiger charge is 2.34. The number of hydrogen-bond acceptors (Lipinski definition) is 3. The summed E-state index contributed by atoms with van der Waals surface area (Å²) in [5, 5.41) is 0.113. The molecule has 0 spiro atoms. The number of carbonyl (C=O) groups is 1. The highest BCUT2D eigenvalue weighted by Crippen LogP contribution is 2.26. The van der Waals surface area contributed by atoms with Crippen molar-refractivity contribution in [2.24, 2.45) is 0 Å². The molecule has 0 unspecified atom stereocenters. The van der Waals surface area contributed by atoms with E-state index in [1.54, 1.807) is 17.2 Å². The lowest BCUT2D eigenvalue weighted by atomic mass is 10.1. The van der Waals surface area contributed by atoms with E-state index < -0.39 is 5.82 Å². The Bertz CT molecular complexity index is 722. The van der Waals surface area contributed by atoms with E-state index in [-0.39, 0.29) is 17.0 Å². The lowest BCUT2D eigenvalue weighted by Gasteiger charge is -2.38. The van der Waals surface area contributed by atoms with Gasteiger partial charge in [0, 0.05) is 6.20 Å². The first-order valence-corrected chi connectivity index (χ1v) is 7.73. The highest BCUT2D eigenvalue weighted by atomic mass is 79.9. The molecule has 0 aliphatic carbocycles. The highest BCUT2D eigenvalue weighted by molar-refractivity contribution is 9.10. The molecule has 2 aromatic rings. The summed E-state index contributed by atoms with van der Waals surface area (Å²) in [4.78, 5) is 18.0. The average Bonchev–Trinajstić information content (AvgIpc) is 2.43. The molecule has 1 saturated heterocycles. The molecule has 22 heavy (non-hydrogen) atoms. The van der Waals surface area contributed by atoms with E-state index in [0.717, 1.165) is 10.5 Å². The van der Waals surface area contributed by atoms with E-state index in [1.165, 1.54) is 12.1 Å². The van der Waals surface area contributed by atoms with Gasteiger partial charge < -0.3 is 9.64 Å². The minimum absolute atomic E-state index is 0.113. The molecule has 114 valence electrons. The minimum Gasteiger partial charge on any atom is -0.470 e. The second kappa shape index (κ2) is 6.22. The molecule has 1 aliphatic rings. The van der Waals surface area contributed by atoms with Crippen molar-refractivity contribution in [3.05, 3.63) is 57.4 Å².